The molecule has 1 heterocycles. The fourth-order valence-corrected chi connectivity index (χ4v) is 3.88. The number of anilines is 2. The van der Waals surface area contributed by atoms with E-state index in [-0.39, 0.29) is 5.91 Å². The summed E-state index contributed by atoms with van der Waals surface area (Å²) >= 11 is 1.64. The SMILES string of the molecule is CC(=O)Nc1ccccc1CNc1nnc(CC2CCCC2)s1. The second-order valence-corrected chi connectivity index (χ2v) is 7.11. The van der Waals surface area contributed by atoms with Gasteiger partial charge in [0.25, 0.3) is 0 Å². The van der Waals surface area contributed by atoms with E-state index in [2.05, 4.69) is 20.8 Å². The van der Waals surface area contributed by atoms with E-state index in [1.807, 2.05) is 24.3 Å². The second-order valence-electron chi connectivity index (χ2n) is 6.05. The predicted octanol–water partition coefficient (Wildman–Crippen LogP) is 3.84. The van der Waals surface area contributed by atoms with Gasteiger partial charge in [-0.2, -0.15) is 0 Å². The van der Waals surface area contributed by atoms with E-state index >= 15 is 0 Å². The van der Waals surface area contributed by atoms with Crippen molar-refractivity contribution in [2.75, 3.05) is 10.6 Å². The average molecular weight is 330 g/mol. The Bertz CT molecular complexity index is 664. The van der Waals surface area contributed by atoms with Crippen LogP contribution in [0.3, 0.4) is 0 Å². The van der Waals surface area contributed by atoms with Crippen LogP contribution in [0.25, 0.3) is 0 Å². The summed E-state index contributed by atoms with van der Waals surface area (Å²) < 4.78 is 0. The zero-order valence-electron chi connectivity index (χ0n) is 13.3. The molecule has 2 N–H and O–H groups in total. The first-order valence-corrected chi connectivity index (χ1v) is 8.94. The van der Waals surface area contributed by atoms with Gasteiger partial charge in [-0.25, -0.2) is 0 Å². The minimum Gasteiger partial charge on any atom is -0.356 e. The Kier molecular flexibility index (Phi) is 5.23. The van der Waals surface area contributed by atoms with Crippen LogP contribution in [0.15, 0.2) is 24.3 Å². The summed E-state index contributed by atoms with van der Waals surface area (Å²) in [5, 5.41) is 16.7. The van der Waals surface area contributed by atoms with E-state index in [0.717, 1.165) is 33.7 Å². The van der Waals surface area contributed by atoms with Crippen LogP contribution in [-0.2, 0) is 17.8 Å². The number of hydrogen-bond acceptors (Lipinski definition) is 5. The van der Waals surface area contributed by atoms with Gasteiger partial charge < -0.3 is 10.6 Å². The highest BCUT2D eigenvalue weighted by molar-refractivity contribution is 7.15. The zero-order valence-corrected chi connectivity index (χ0v) is 14.2. The number of benzene rings is 1. The van der Waals surface area contributed by atoms with Crippen LogP contribution in [-0.4, -0.2) is 16.1 Å². The van der Waals surface area contributed by atoms with E-state index in [1.54, 1.807) is 11.3 Å². The summed E-state index contributed by atoms with van der Waals surface area (Å²) in [4.78, 5) is 11.3. The van der Waals surface area contributed by atoms with Gasteiger partial charge in [0.15, 0.2) is 0 Å². The van der Waals surface area contributed by atoms with Gasteiger partial charge in [0, 0.05) is 25.6 Å². The summed E-state index contributed by atoms with van der Waals surface area (Å²) in [6.07, 6.45) is 6.42. The van der Waals surface area contributed by atoms with Crippen LogP contribution in [0.2, 0.25) is 0 Å². The molecule has 2 aromatic rings. The van der Waals surface area contributed by atoms with Crippen molar-refractivity contribution in [3.63, 3.8) is 0 Å². The third-order valence-corrected chi connectivity index (χ3v) is 5.07. The van der Waals surface area contributed by atoms with Crippen LogP contribution in [0, 0.1) is 5.92 Å². The lowest BCUT2D eigenvalue weighted by molar-refractivity contribution is -0.114. The Balaban J connectivity index is 1.58. The van der Waals surface area contributed by atoms with Crippen LogP contribution in [0.1, 0.15) is 43.2 Å². The first kappa shape index (κ1) is 15.9. The van der Waals surface area contributed by atoms with Crippen molar-refractivity contribution in [1.82, 2.24) is 10.2 Å². The highest BCUT2D eigenvalue weighted by Gasteiger charge is 2.17. The first-order chi connectivity index (χ1) is 11.2. The molecule has 1 aliphatic rings. The minimum absolute atomic E-state index is 0.0628. The van der Waals surface area contributed by atoms with Crippen molar-refractivity contribution < 1.29 is 4.79 Å². The van der Waals surface area contributed by atoms with Gasteiger partial charge in [-0.15, -0.1) is 10.2 Å². The lowest BCUT2D eigenvalue weighted by atomic mass is 10.1. The molecule has 0 spiro atoms. The molecule has 1 aromatic carbocycles. The van der Waals surface area contributed by atoms with Crippen molar-refractivity contribution in [2.24, 2.45) is 5.92 Å². The summed E-state index contributed by atoms with van der Waals surface area (Å²) in [6.45, 7) is 2.14. The lowest BCUT2D eigenvalue weighted by Gasteiger charge is -2.09. The monoisotopic (exact) mass is 330 g/mol. The zero-order chi connectivity index (χ0) is 16.1. The van der Waals surface area contributed by atoms with Crippen molar-refractivity contribution in [1.29, 1.82) is 0 Å². The minimum atomic E-state index is -0.0628. The van der Waals surface area contributed by atoms with Gasteiger partial charge in [-0.05, 0) is 17.5 Å². The summed E-state index contributed by atoms with van der Waals surface area (Å²) in [6, 6.07) is 7.79. The number of carbonyl (C=O) groups is 1. The summed E-state index contributed by atoms with van der Waals surface area (Å²) in [5.74, 6) is 0.725. The number of aromatic nitrogens is 2. The van der Waals surface area contributed by atoms with Crippen molar-refractivity contribution in [3.05, 3.63) is 34.8 Å². The smallest absolute Gasteiger partial charge is 0.221 e. The number of nitrogens with one attached hydrogen (secondary N) is 2. The average Bonchev–Trinajstić information content (AvgIpc) is 3.18. The number of amides is 1. The molecule has 6 heteroatoms. The predicted molar refractivity (Wildman–Crippen MR) is 93.6 cm³/mol. The third kappa shape index (κ3) is 4.51. The highest BCUT2D eigenvalue weighted by atomic mass is 32.1. The molecule has 23 heavy (non-hydrogen) atoms. The van der Waals surface area contributed by atoms with Gasteiger partial charge >= 0.3 is 0 Å². The fraction of sp³-hybridized carbons (Fsp3) is 0.471. The summed E-state index contributed by atoms with van der Waals surface area (Å²) in [7, 11) is 0. The molecule has 3 rings (SSSR count). The Labute approximate surface area is 140 Å². The Morgan fingerprint density at radius 2 is 2.04 bits per heavy atom. The Hall–Kier alpha value is -1.95. The maximum atomic E-state index is 11.3. The molecule has 1 amide bonds. The molecule has 1 saturated carbocycles. The number of carbonyl (C=O) groups excluding carboxylic acids is 1. The maximum absolute atomic E-state index is 11.3. The molecule has 1 aromatic heterocycles. The van der Waals surface area contributed by atoms with Gasteiger partial charge in [0.2, 0.25) is 11.0 Å². The molecule has 5 nitrogen and oxygen atoms in total. The van der Waals surface area contributed by atoms with Gasteiger partial charge in [-0.3, -0.25) is 4.79 Å². The molecule has 1 fully saturated rings. The standard InChI is InChI=1S/C17H22N4OS/c1-12(22)19-15-9-5-4-8-14(15)11-18-17-21-20-16(23-17)10-13-6-2-3-7-13/h4-5,8-9,13H,2-3,6-7,10-11H2,1H3,(H,18,21)(H,19,22). The summed E-state index contributed by atoms with van der Waals surface area (Å²) in [5.41, 5.74) is 1.87. The number of rotatable bonds is 6. The molecule has 0 aliphatic heterocycles. The molecule has 1 aliphatic carbocycles. The molecular weight excluding hydrogens is 308 g/mol. The number of nitrogens with zero attached hydrogens (tertiary/aromatic N) is 2. The van der Waals surface area contributed by atoms with Crippen LogP contribution >= 0.6 is 11.3 Å². The van der Waals surface area contributed by atoms with Gasteiger partial charge in [-0.1, -0.05) is 55.2 Å². The third-order valence-electron chi connectivity index (χ3n) is 4.16. The molecule has 0 saturated heterocycles. The van der Waals surface area contributed by atoms with E-state index in [9.17, 15) is 4.79 Å². The molecule has 0 unspecified atom stereocenters. The molecular formula is C17H22N4OS. The van der Waals surface area contributed by atoms with E-state index in [1.165, 1.54) is 32.6 Å². The Morgan fingerprint density at radius 3 is 2.83 bits per heavy atom. The first-order valence-electron chi connectivity index (χ1n) is 8.12. The topological polar surface area (TPSA) is 66.9 Å². The lowest BCUT2D eigenvalue weighted by Crippen LogP contribution is -2.10. The number of hydrogen-bond donors (Lipinski definition) is 2. The van der Waals surface area contributed by atoms with Crippen LogP contribution < -0.4 is 10.6 Å². The van der Waals surface area contributed by atoms with Crippen molar-refractivity contribution in [2.45, 2.75) is 45.6 Å². The second kappa shape index (κ2) is 7.55. The quantitative estimate of drug-likeness (QED) is 0.844. The van der Waals surface area contributed by atoms with Crippen molar-refractivity contribution >= 4 is 28.1 Å². The largest absolute Gasteiger partial charge is 0.356 e. The van der Waals surface area contributed by atoms with Crippen LogP contribution in [0.4, 0.5) is 10.8 Å². The maximum Gasteiger partial charge on any atom is 0.221 e. The van der Waals surface area contributed by atoms with E-state index in [0.29, 0.717) is 6.54 Å². The molecule has 0 atom stereocenters. The molecule has 0 radical (unpaired) electrons. The fourth-order valence-electron chi connectivity index (χ4n) is 3.03. The highest BCUT2D eigenvalue weighted by Crippen LogP contribution is 2.29. The Morgan fingerprint density at radius 1 is 1.26 bits per heavy atom. The van der Waals surface area contributed by atoms with E-state index < -0.39 is 0 Å². The number of para-hydroxylation sites is 1. The van der Waals surface area contributed by atoms with Crippen LogP contribution in [0.5, 0.6) is 0 Å². The van der Waals surface area contributed by atoms with Gasteiger partial charge in [0.05, 0.1) is 0 Å². The normalized spacial score (nSPS) is 14.8. The van der Waals surface area contributed by atoms with Crippen molar-refractivity contribution in [3.8, 4) is 0 Å². The molecule has 122 valence electrons. The van der Waals surface area contributed by atoms with Gasteiger partial charge in [0.1, 0.15) is 5.01 Å². The van der Waals surface area contributed by atoms with E-state index in [4.69, 9.17) is 0 Å². The molecule has 0 bridgehead atoms.